The standard InChI is InChI=1S/C25H38O2/c1-19(2)9-6-13-22(5)23-16-15-21(4)11-7-10-20(3)12-8-14-24(18-17-23)25(26)27/h9,11-13,18,23H,6-8,10,14-17H2,1-5H3,(H,26,27)/b20-12+,21-11+,22-13+,24-18+/t23-/m0/s1. The van der Waals surface area contributed by atoms with Gasteiger partial charge in [-0.15, -0.1) is 0 Å². The molecule has 0 fully saturated rings. The second-order valence-electron chi connectivity index (χ2n) is 8.15. The molecule has 0 aromatic heterocycles. The fourth-order valence-corrected chi connectivity index (χ4v) is 3.39. The zero-order chi connectivity index (χ0) is 20.2. The van der Waals surface area contributed by atoms with Gasteiger partial charge < -0.3 is 5.11 Å². The van der Waals surface area contributed by atoms with Crippen LogP contribution in [0, 0.1) is 5.92 Å². The summed E-state index contributed by atoms with van der Waals surface area (Å²) in [6.45, 7) is 10.8. The average molecular weight is 371 g/mol. The van der Waals surface area contributed by atoms with Gasteiger partial charge >= 0.3 is 5.97 Å². The number of aliphatic carboxylic acids is 1. The number of allylic oxidation sites excluding steroid dienone is 9. The summed E-state index contributed by atoms with van der Waals surface area (Å²) in [5.41, 5.74) is 6.08. The number of hydrogen-bond acceptors (Lipinski definition) is 1. The van der Waals surface area contributed by atoms with E-state index in [0.717, 1.165) is 44.9 Å². The summed E-state index contributed by atoms with van der Waals surface area (Å²) in [4.78, 5) is 11.6. The van der Waals surface area contributed by atoms with Gasteiger partial charge in [0, 0.05) is 5.57 Å². The summed E-state index contributed by atoms with van der Waals surface area (Å²) in [6.07, 6.45) is 18.6. The van der Waals surface area contributed by atoms with E-state index in [-0.39, 0.29) is 0 Å². The first-order chi connectivity index (χ1) is 12.8. The summed E-state index contributed by atoms with van der Waals surface area (Å²) < 4.78 is 0. The fourth-order valence-electron chi connectivity index (χ4n) is 3.39. The van der Waals surface area contributed by atoms with E-state index in [1.54, 1.807) is 0 Å². The molecule has 0 saturated heterocycles. The molecule has 0 radical (unpaired) electrons. The van der Waals surface area contributed by atoms with Gasteiger partial charge in [-0.1, -0.05) is 52.7 Å². The Kier molecular flexibility index (Phi) is 10.8. The molecule has 27 heavy (non-hydrogen) atoms. The molecule has 0 amide bonds. The molecule has 0 saturated carbocycles. The molecule has 2 heteroatoms. The topological polar surface area (TPSA) is 37.3 Å². The molecule has 1 atom stereocenters. The van der Waals surface area contributed by atoms with E-state index < -0.39 is 5.97 Å². The molecule has 2 nitrogen and oxygen atoms in total. The van der Waals surface area contributed by atoms with Gasteiger partial charge in [-0.2, -0.15) is 0 Å². The highest BCUT2D eigenvalue weighted by Gasteiger charge is 2.13. The summed E-state index contributed by atoms with van der Waals surface area (Å²) in [5.74, 6) is -0.359. The van der Waals surface area contributed by atoms with Gasteiger partial charge in [-0.25, -0.2) is 4.79 Å². The van der Waals surface area contributed by atoms with Gasteiger partial charge in [0.15, 0.2) is 0 Å². The van der Waals surface area contributed by atoms with Gasteiger partial charge in [0.05, 0.1) is 0 Å². The Hall–Kier alpha value is -1.83. The van der Waals surface area contributed by atoms with Gasteiger partial charge in [-0.05, 0) is 91.9 Å². The van der Waals surface area contributed by atoms with Crippen molar-refractivity contribution in [3.05, 3.63) is 58.2 Å². The molecule has 0 bridgehead atoms. The zero-order valence-electron chi connectivity index (χ0n) is 18.0. The summed E-state index contributed by atoms with van der Waals surface area (Å²) in [6, 6.07) is 0. The van der Waals surface area contributed by atoms with E-state index in [2.05, 4.69) is 58.9 Å². The molecular formula is C25H38O2. The van der Waals surface area contributed by atoms with Crippen molar-refractivity contribution < 1.29 is 9.90 Å². The lowest BCUT2D eigenvalue weighted by Gasteiger charge is -2.18. The number of rotatable bonds is 4. The van der Waals surface area contributed by atoms with Gasteiger partial charge in [0.25, 0.3) is 0 Å². The first-order valence-corrected chi connectivity index (χ1v) is 10.3. The molecule has 1 rings (SSSR count). The predicted octanol–water partition coefficient (Wildman–Crippen LogP) is 7.55. The van der Waals surface area contributed by atoms with E-state index in [9.17, 15) is 9.90 Å². The quantitative estimate of drug-likeness (QED) is 0.519. The van der Waals surface area contributed by atoms with E-state index in [1.165, 1.54) is 22.3 Å². The summed E-state index contributed by atoms with van der Waals surface area (Å²) in [7, 11) is 0. The average Bonchev–Trinajstić information content (AvgIpc) is 2.58. The Labute approximate surface area is 166 Å². The van der Waals surface area contributed by atoms with Crippen LogP contribution in [0.3, 0.4) is 0 Å². The maximum atomic E-state index is 11.6. The zero-order valence-corrected chi connectivity index (χ0v) is 18.0. The monoisotopic (exact) mass is 370 g/mol. The van der Waals surface area contributed by atoms with Gasteiger partial charge in [0.1, 0.15) is 0 Å². The van der Waals surface area contributed by atoms with E-state index >= 15 is 0 Å². The van der Waals surface area contributed by atoms with Crippen molar-refractivity contribution in [1.82, 2.24) is 0 Å². The van der Waals surface area contributed by atoms with Gasteiger partial charge in [0.2, 0.25) is 0 Å². The lowest BCUT2D eigenvalue weighted by atomic mass is 9.88. The summed E-state index contributed by atoms with van der Waals surface area (Å²) in [5, 5.41) is 9.56. The maximum absolute atomic E-state index is 11.6. The maximum Gasteiger partial charge on any atom is 0.331 e. The van der Waals surface area contributed by atoms with Gasteiger partial charge in [-0.3, -0.25) is 0 Å². The molecule has 1 N–H and O–H groups in total. The van der Waals surface area contributed by atoms with Crippen molar-refractivity contribution in [1.29, 1.82) is 0 Å². The number of carboxylic acids is 1. The van der Waals surface area contributed by atoms with Crippen molar-refractivity contribution in [3.63, 3.8) is 0 Å². The van der Waals surface area contributed by atoms with E-state index in [4.69, 9.17) is 0 Å². The highest BCUT2D eigenvalue weighted by atomic mass is 16.4. The lowest BCUT2D eigenvalue weighted by Crippen LogP contribution is -2.06. The minimum absolute atomic E-state index is 0.411. The Balaban J connectivity index is 3.02. The third-order valence-corrected chi connectivity index (χ3v) is 5.36. The molecule has 0 aromatic carbocycles. The van der Waals surface area contributed by atoms with Crippen LogP contribution >= 0.6 is 0 Å². The Morgan fingerprint density at radius 3 is 2.26 bits per heavy atom. The second kappa shape index (κ2) is 12.5. The van der Waals surface area contributed by atoms with Crippen LogP contribution in [0.1, 0.15) is 86.0 Å². The fraction of sp³-hybridized carbons (Fsp3) is 0.560. The van der Waals surface area contributed by atoms with Crippen LogP contribution in [-0.2, 0) is 4.79 Å². The third-order valence-electron chi connectivity index (χ3n) is 5.36. The van der Waals surface area contributed by atoms with Crippen molar-refractivity contribution in [2.24, 2.45) is 5.92 Å². The number of carboxylic acid groups (broad SMARTS) is 1. The molecule has 0 unspecified atom stereocenters. The van der Waals surface area contributed by atoms with Crippen molar-refractivity contribution in [2.75, 3.05) is 0 Å². The minimum Gasteiger partial charge on any atom is -0.478 e. The highest BCUT2D eigenvalue weighted by Crippen LogP contribution is 2.26. The Bertz CT molecular complexity index is 637. The SMILES string of the molecule is CC(C)=CC/C=C(\C)[C@@H]1C/C=C(/C(=O)O)CC/C=C(\C)CC/C=C(\C)CC1. The molecular weight excluding hydrogens is 332 g/mol. The Morgan fingerprint density at radius 2 is 1.63 bits per heavy atom. The Morgan fingerprint density at radius 1 is 1.00 bits per heavy atom. The molecule has 0 aromatic rings. The van der Waals surface area contributed by atoms with Crippen LogP contribution in [-0.4, -0.2) is 11.1 Å². The van der Waals surface area contributed by atoms with Crippen LogP contribution in [0.5, 0.6) is 0 Å². The van der Waals surface area contributed by atoms with Crippen LogP contribution in [0.15, 0.2) is 58.2 Å². The van der Waals surface area contributed by atoms with Crippen LogP contribution in [0.25, 0.3) is 0 Å². The number of carbonyl (C=O) groups is 1. The predicted molar refractivity (Wildman–Crippen MR) is 117 cm³/mol. The van der Waals surface area contributed by atoms with Crippen LogP contribution < -0.4 is 0 Å². The van der Waals surface area contributed by atoms with Crippen molar-refractivity contribution in [2.45, 2.75) is 86.0 Å². The first-order valence-electron chi connectivity index (χ1n) is 10.3. The minimum atomic E-state index is -0.769. The van der Waals surface area contributed by atoms with Crippen molar-refractivity contribution >= 4 is 5.97 Å². The molecule has 1 aliphatic rings. The third kappa shape index (κ3) is 10.2. The molecule has 1 aliphatic carbocycles. The van der Waals surface area contributed by atoms with E-state index in [0.29, 0.717) is 17.9 Å². The van der Waals surface area contributed by atoms with E-state index in [1.807, 2.05) is 6.08 Å². The molecule has 0 spiro atoms. The number of hydrogen-bond donors (Lipinski definition) is 1. The largest absolute Gasteiger partial charge is 0.478 e. The molecule has 0 aliphatic heterocycles. The van der Waals surface area contributed by atoms with Crippen LogP contribution in [0.4, 0.5) is 0 Å². The smallest absolute Gasteiger partial charge is 0.331 e. The second-order valence-corrected chi connectivity index (χ2v) is 8.15. The van der Waals surface area contributed by atoms with Crippen molar-refractivity contribution in [3.8, 4) is 0 Å². The normalized spacial score (nSPS) is 26.5. The lowest BCUT2D eigenvalue weighted by molar-refractivity contribution is -0.132. The summed E-state index contributed by atoms with van der Waals surface area (Å²) >= 11 is 0. The molecule has 150 valence electrons. The van der Waals surface area contributed by atoms with Crippen LogP contribution in [0.2, 0.25) is 0 Å². The first kappa shape index (κ1) is 23.2. The molecule has 0 heterocycles. The highest BCUT2D eigenvalue weighted by molar-refractivity contribution is 5.86.